The molecule has 0 saturated carbocycles. The van der Waals surface area contributed by atoms with Crippen molar-refractivity contribution in [2.75, 3.05) is 5.43 Å². The molecule has 2 aromatic rings. The van der Waals surface area contributed by atoms with Crippen LogP contribution in [-0.2, 0) is 0 Å². The molecule has 19 heavy (non-hydrogen) atoms. The van der Waals surface area contributed by atoms with Crippen molar-refractivity contribution in [2.24, 2.45) is 5.84 Å². The lowest BCUT2D eigenvalue weighted by atomic mass is 10.1. The van der Waals surface area contributed by atoms with E-state index in [9.17, 15) is 0 Å². The molecule has 100 valence electrons. The van der Waals surface area contributed by atoms with Crippen molar-refractivity contribution in [1.29, 1.82) is 0 Å². The maximum absolute atomic E-state index is 6.11. The number of hydrazine groups is 1. The second kappa shape index (κ2) is 5.73. The summed E-state index contributed by atoms with van der Waals surface area (Å²) in [6.45, 7) is 3.84. The molecule has 0 saturated heterocycles. The minimum Gasteiger partial charge on any atom is -0.438 e. The molecular formula is C12H12BrClN4O. The van der Waals surface area contributed by atoms with Crippen molar-refractivity contribution in [3.05, 3.63) is 39.0 Å². The third-order valence-electron chi connectivity index (χ3n) is 2.47. The molecule has 0 aliphatic heterocycles. The fourth-order valence-electron chi connectivity index (χ4n) is 1.57. The molecule has 2 rings (SSSR count). The van der Waals surface area contributed by atoms with Crippen LogP contribution in [0.25, 0.3) is 0 Å². The Bertz CT molecular complexity index is 598. The molecule has 0 fully saturated rings. The quantitative estimate of drug-likeness (QED) is 0.658. The molecule has 0 unspecified atom stereocenters. The fraction of sp³-hybridized carbons (Fsp3) is 0.167. The van der Waals surface area contributed by atoms with E-state index in [0.717, 1.165) is 16.1 Å². The summed E-state index contributed by atoms with van der Waals surface area (Å²) >= 11 is 9.44. The van der Waals surface area contributed by atoms with Crippen LogP contribution in [0.15, 0.2) is 22.8 Å². The van der Waals surface area contributed by atoms with E-state index in [2.05, 4.69) is 31.3 Å². The van der Waals surface area contributed by atoms with Crippen molar-refractivity contribution >= 4 is 33.5 Å². The first-order valence-corrected chi connectivity index (χ1v) is 6.62. The molecule has 7 heteroatoms. The Hall–Kier alpha value is -1.37. The minimum atomic E-state index is 0.278. The molecule has 0 aliphatic carbocycles. The van der Waals surface area contributed by atoms with Crippen molar-refractivity contribution in [3.8, 4) is 11.6 Å². The van der Waals surface area contributed by atoms with E-state index in [1.807, 2.05) is 26.0 Å². The van der Waals surface area contributed by atoms with Crippen molar-refractivity contribution in [3.63, 3.8) is 0 Å². The number of benzene rings is 1. The van der Waals surface area contributed by atoms with Crippen LogP contribution < -0.4 is 16.0 Å². The predicted molar refractivity (Wildman–Crippen MR) is 78.5 cm³/mol. The van der Waals surface area contributed by atoms with Gasteiger partial charge < -0.3 is 4.74 Å². The summed E-state index contributed by atoms with van der Waals surface area (Å²) in [6, 6.07) is 3.69. The largest absolute Gasteiger partial charge is 0.438 e. The molecule has 5 nitrogen and oxygen atoms in total. The number of nitrogens with two attached hydrogens (primary N) is 1. The molecule has 0 radical (unpaired) electrons. The Morgan fingerprint density at radius 1 is 1.32 bits per heavy atom. The number of halogens is 2. The number of aromatic nitrogens is 2. The van der Waals surface area contributed by atoms with Gasteiger partial charge in [0.15, 0.2) is 0 Å². The zero-order chi connectivity index (χ0) is 14.0. The number of hydrogen-bond donors (Lipinski definition) is 2. The smallest absolute Gasteiger partial charge is 0.240 e. The van der Waals surface area contributed by atoms with Gasteiger partial charge in [-0.2, -0.15) is 4.98 Å². The van der Waals surface area contributed by atoms with E-state index in [1.54, 1.807) is 6.20 Å². The first kappa shape index (κ1) is 14.0. The number of aryl methyl sites for hydroxylation is 2. The van der Waals surface area contributed by atoms with E-state index in [0.29, 0.717) is 16.1 Å². The van der Waals surface area contributed by atoms with Gasteiger partial charge in [-0.05, 0) is 53.0 Å². The third kappa shape index (κ3) is 3.15. The van der Waals surface area contributed by atoms with Crippen LogP contribution in [0.3, 0.4) is 0 Å². The number of ether oxygens (including phenoxy) is 1. The zero-order valence-electron chi connectivity index (χ0n) is 10.4. The Kier molecular flexibility index (Phi) is 4.24. The average molecular weight is 344 g/mol. The van der Waals surface area contributed by atoms with Crippen molar-refractivity contribution < 1.29 is 4.74 Å². The van der Waals surface area contributed by atoms with Gasteiger partial charge in [0.1, 0.15) is 5.75 Å². The summed E-state index contributed by atoms with van der Waals surface area (Å²) in [5, 5.41) is 0.735. The van der Waals surface area contributed by atoms with E-state index >= 15 is 0 Å². The summed E-state index contributed by atoms with van der Waals surface area (Å²) in [6.07, 6.45) is 1.56. The number of nitrogens with zero attached hydrogens (tertiary/aromatic N) is 2. The highest BCUT2D eigenvalue weighted by Gasteiger charge is 2.09. The summed E-state index contributed by atoms with van der Waals surface area (Å²) < 4.78 is 6.35. The molecular weight excluding hydrogens is 332 g/mol. The van der Waals surface area contributed by atoms with Crippen LogP contribution in [0.1, 0.15) is 11.1 Å². The molecule has 1 aromatic carbocycles. The van der Waals surface area contributed by atoms with Crippen molar-refractivity contribution in [2.45, 2.75) is 13.8 Å². The Labute approximate surface area is 124 Å². The number of anilines is 1. The normalized spacial score (nSPS) is 10.4. The third-order valence-corrected chi connectivity index (χ3v) is 3.61. The fourth-order valence-corrected chi connectivity index (χ4v) is 1.95. The first-order chi connectivity index (χ1) is 9.01. The molecule has 0 atom stereocenters. The van der Waals surface area contributed by atoms with Crippen LogP contribution in [0.4, 0.5) is 5.95 Å². The van der Waals surface area contributed by atoms with E-state index in [-0.39, 0.29) is 5.95 Å². The molecule has 1 heterocycles. The van der Waals surface area contributed by atoms with Gasteiger partial charge in [0.25, 0.3) is 0 Å². The summed E-state index contributed by atoms with van der Waals surface area (Å²) in [7, 11) is 0. The number of hydrogen-bond acceptors (Lipinski definition) is 5. The van der Waals surface area contributed by atoms with Gasteiger partial charge >= 0.3 is 0 Å². The van der Waals surface area contributed by atoms with E-state index in [1.165, 1.54) is 0 Å². The van der Waals surface area contributed by atoms with E-state index in [4.69, 9.17) is 22.2 Å². The van der Waals surface area contributed by atoms with Crippen LogP contribution in [0.5, 0.6) is 11.6 Å². The van der Waals surface area contributed by atoms with Crippen LogP contribution in [-0.4, -0.2) is 9.97 Å². The molecule has 0 bridgehead atoms. The standard InChI is InChI=1S/C12H12BrClN4O/c1-6-3-8(4-7(2)10(6)14)19-11-9(13)5-16-12(17-11)18-15/h3-5H,15H2,1-2H3,(H,16,17,18). The SMILES string of the molecule is Cc1cc(Oc2nc(NN)ncc2Br)cc(C)c1Cl. The van der Waals surface area contributed by atoms with E-state index < -0.39 is 0 Å². The molecule has 0 spiro atoms. The zero-order valence-corrected chi connectivity index (χ0v) is 12.7. The Morgan fingerprint density at radius 2 is 1.95 bits per heavy atom. The van der Waals surface area contributed by atoms with Gasteiger partial charge in [0.05, 0.1) is 10.7 Å². The summed E-state index contributed by atoms with van der Waals surface area (Å²) in [5.41, 5.74) is 4.26. The highest BCUT2D eigenvalue weighted by Crippen LogP contribution is 2.31. The lowest BCUT2D eigenvalue weighted by molar-refractivity contribution is 0.458. The monoisotopic (exact) mass is 342 g/mol. The van der Waals surface area contributed by atoms with Crippen molar-refractivity contribution in [1.82, 2.24) is 9.97 Å². The van der Waals surface area contributed by atoms with Crippen LogP contribution >= 0.6 is 27.5 Å². The lowest BCUT2D eigenvalue weighted by Crippen LogP contribution is -2.10. The number of nitrogen functional groups attached to an aromatic ring is 1. The van der Waals surface area contributed by atoms with Gasteiger partial charge in [0.2, 0.25) is 11.8 Å². The summed E-state index contributed by atoms with van der Waals surface area (Å²) in [4.78, 5) is 8.07. The predicted octanol–water partition coefficient (Wildman–Crippen LogP) is 3.59. The minimum absolute atomic E-state index is 0.278. The first-order valence-electron chi connectivity index (χ1n) is 5.45. The van der Waals surface area contributed by atoms with Crippen LogP contribution in [0, 0.1) is 13.8 Å². The maximum Gasteiger partial charge on any atom is 0.240 e. The lowest BCUT2D eigenvalue weighted by Gasteiger charge is -2.10. The molecule has 0 aliphatic rings. The van der Waals surface area contributed by atoms with Gasteiger partial charge in [-0.15, -0.1) is 0 Å². The number of rotatable bonds is 3. The highest BCUT2D eigenvalue weighted by atomic mass is 79.9. The summed E-state index contributed by atoms with van der Waals surface area (Å²) in [5.74, 6) is 6.58. The van der Waals surface area contributed by atoms with Gasteiger partial charge in [-0.3, -0.25) is 5.43 Å². The average Bonchev–Trinajstić information content (AvgIpc) is 2.38. The molecule has 1 aromatic heterocycles. The topological polar surface area (TPSA) is 73.1 Å². The Balaban J connectivity index is 2.36. The van der Waals surface area contributed by atoms with Gasteiger partial charge in [0, 0.05) is 5.02 Å². The maximum atomic E-state index is 6.11. The Morgan fingerprint density at radius 3 is 2.53 bits per heavy atom. The second-order valence-corrected chi connectivity index (χ2v) is 5.20. The molecule has 0 amide bonds. The second-order valence-electron chi connectivity index (χ2n) is 3.96. The van der Waals surface area contributed by atoms with Gasteiger partial charge in [-0.1, -0.05) is 11.6 Å². The van der Waals surface area contributed by atoms with Crippen LogP contribution in [0.2, 0.25) is 5.02 Å². The molecule has 3 N–H and O–H groups in total. The number of nitrogens with one attached hydrogen (secondary N) is 1. The highest BCUT2D eigenvalue weighted by molar-refractivity contribution is 9.10. The van der Waals surface area contributed by atoms with Gasteiger partial charge in [-0.25, -0.2) is 10.8 Å².